The fourth-order valence-corrected chi connectivity index (χ4v) is 0.460. The zero-order valence-electron chi connectivity index (χ0n) is 5.13. The summed E-state index contributed by atoms with van der Waals surface area (Å²) in [5.41, 5.74) is 0.560. The molecule has 0 amide bonds. The SMILES string of the molecule is C=C(CCO)CC(=O)O. The highest BCUT2D eigenvalue weighted by molar-refractivity contribution is 5.69. The van der Waals surface area contributed by atoms with Gasteiger partial charge in [0.15, 0.2) is 0 Å². The molecule has 0 spiro atoms. The topological polar surface area (TPSA) is 57.5 Å². The maximum absolute atomic E-state index is 9.94. The summed E-state index contributed by atoms with van der Waals surface area (Å²) in [4.78, 5) is 9.94. The van der Waals surface area contributed by atoms with Crippen molar-refractivity contribution < 1.29 is 15.0 Å². The van der Waals surface area contributed by atoms with E-state index in [2.05, 4.69) is 6.58 Å². The molecule has 0 aromatic rings. The van der Waals surface area contributed by atoms with E-state index in [0.717, 1.165) is 0 Å². The molecule has 3 nitrogen and oxygen atoms in total. The van der Waals surface area contributed by atoms with Crippen LogP contribution in [0.2, 0.25) is 0 Å². The number of carboxylic acid groups (broad SMARTS) is 1. The minimum absolute atomic E-state index is 0.0217. The summed E-state index contributed by atoms with van der Waals surface area (Å²) in [5, 5.41) is 16.5. The summed E-state index contributed by atoms with van der Waals surface area (Å²) in [7, 11) is 0. The highest BCUT2D eigenvalue weighted by Gasteiger charge is 1.98. The molecule has 0 aromatic heterocycles. The lowest BCUT2D eigenvalue weighted by Crippen LogP contribution is -1.97. The average molecular weight is 130 g/mol. The first kappa shape index (κ1) is 8.17. The molecule has 0 unspecified atom stereocenters. The van der Waals surface area contributed by atoms with Gasteiger partial charge < -0.3 is 10.2 Å². The van der Waals surface area contributed by atoms with Crippen LogP contribution in [0.1, 0.15) is 12.8 Å². The Hall–Kier alpha value is -0.830. The summed E-state index contributed by atoms with van der Waals surface area (Å²) in [6.45, 7) is 3.42. The summed E-state index contributed by atoms with van der Waals surface area (Å²) in [5.74, 6) is -0.895. The van der Waals surface area contributed by atoms with E-state index in [1.165, 1.54) is 0 Å². The molecule has 9 heavy (non-hydrogen) atoms. The Morgan fingerprint density at radius 2 is 2.11 bits per heavy atom. The third kappa shape index (κ3) is 5.03. The van der Waals surface area contributed by atoms with Crippen molar-refractivity contribution in [3.8, 4) is 0 Å². The highest BCUT2D eigenvalue weighted by Crippen LogP contribution is 2.01. The Bertz CT molecular complexity index is 117. The minimum atomic E-state index is -0.895. The molecule has 2 N–H and O–H groups in total. The molecule has 52 valence electrons. The first-order chi connectivity index (χ1) is 4.16. The number of rotatable bonds is 4. The Morgan fingerprint density at radius 3 is 2.44 bits per heavy atom. The van der Waals surface area contributed by atoms with Crippen LogP contribution in [-0.2, 0) is 4.79 Å². The Kier molecular flexibility index (Phi) is 3.71. The Balaban J connectivity index is 3.39. The molecule has 0 heterocycles. The van der Waals surface area contributed by atoms with E-state index in [1.54, 1.807) is 0 Å². The van der Waals surface area contributed by atoms with Gasteiger partial charge in [0.05, 0.1) is 6.42 Å². The van der Waals surface area contributed by atoms with E-state index in [0.29, 0.717) is 12.0 Å². The fraction of sp³-hybridized carbons (Fsp3) is 0.500. The van der Waals surface area contributed by atoms with Crippen LogP contribution in [-0.4, -0.2) is 22.8 Å². The van der Waals surface area contributed by atoms with Crippen molar-refractivity contribution in [3.63, 3.8) is 0 Å². The molecule has 3 heteroatoms. The monoisotopic (exact) mass is 130 g/mol. The fourth-order valence-electron chi connectivity index (χ4n) is 0.460. The van der Waals surface area contributed by atoms with Gasteiger partial charge in [0.2, 0.25) is 0 Å². The third-order valence-electron chi connectivity index (χ3n) is 0.867. The van der Waals surface area contributed by atoms with Crippen LogP contribution in [0.5, 0.6) is 0 Å². The summed E-state index contributed by atoms with van der Waals surface area (Å²) >= 11 is 0. The van der Waals surface area contributed by atoms with Crippen molar-refractivity contribution in [1.82, 2.24) is 0 Å². The maximum Gasteiger partial charge on any atom is 0.307 e. The van der Waals surface area contributed by atoms with Gasteiger partial charge in [-0.05, 0) is 6.42 Å². The molecule has 0 saturated carbocycles. The van der Waals surface area contributed by atoms with Crippen LogP contribution < -0.4 is 0 Å². The van der Waals surface area contributed by atoms with Gasteiger partial charge in [0.1, 0.15) is 0 Å². The molecule has 0 aromatic carbocycles. The lowest BCUT2D eigenvalue weighted by atomic mass is 10.1. The first-order valence-corrected chi connectivity index (χ1v) is 2.66. The molecule has 0 saturated heterocycles. The molecule has 0 aliphatic rings. The van der Waals surface area contributed by atoms with E-state index in [9.17, 15) is 4.79 Å². The smallest absolute Gasteiger partial charge is 0.307 e. The van der Waals surface area contributed by atoms with Crippen LogP contribution >= 0.6 is 0 Å². The Morgan fingerprint density at radius 1 is 1.56 bits per heavy atom. The number of aliphatic carboxylic acids is 1. The first-order valence-electron chi connectivity index (χ1n) is 2.66. The molecule has 0 bridgehead atoms. The van der Waals surface area contributed by atoms with Gasteiger partial charge in [0.25, 0.3) is 0 Å². The second-order valence-corrected chi connectivity index (χ2v) is 1.79. The van der Waals surface area contributed by atoms with Gasteiger partial charge in [-0.25, -0.2) is 0 Å². The van der Waals surface area contributed by atoms with Crippen molar-refractivity contribution in [2.24, 2.45) is 0 Å². The predicted molar refractivity (Wildman–Crippen MR) is 33.1 cm³/mol. The van der Waals surface area contributed by atoms with Crippen molar-refractivity contribution in [2.45, 2.75) is 12.8 Å². The van der Waals surface area contributed by atoms with E-state index in [-0.39, 0.29) is 13.0 Å². The van der Waals surface area contributed by atoms with Gasteiger partial charge in [-0.2, -0.15) is 0 Å². The van der Waals surface area contributed by atoms with Crippen LogP contribution in [0.4, 0.5) is 0 Å². The molecular weight excluding hydrogens is 120 g/mol. The quantitative estimate of drug-likeness (QED) is 0.541. The van der Waals surface area contributed by atoms with Crippen molar-refractivity contribution >= 4 is 5.97 Å². The highest BCUT2D eigenvalue weighted by atomic mass is 16.4. The molecular formula is C6H10O3. The number of hydrogen-bond donors (Lipinski definition) is 2. The third-order valence-corrected chi connectivity index (χ3v) is 0.867. The van der Waals surface area contributed by atoms with Gasteiger partial charge in [0, 0.05) is 6.61 Å². The van der Waals surface area contributed by atoms with Crippen LogP contribution in [0.25, 0.3) is 0 Å². The second kappa shape index (κ2) is 4.09. The van der Waals surface area contributed by atoms with E-state index in [4.69, 9.17) is 10.2 Å². The normalized spacial score (nSPS) is 9.00. The summed E-state index contributed by atoms with van der Waals surface area (Å²) < 4.78 is 0. The van der Waals surface area contributed by atoms with Crippen LogP contribution in [0, 0.1) is 0 Å². The van der Waals surface area contributed by atoms with E-state index in [1.807, 2.05) is 0 Å². The standard InChI is InChI=1S/C6H10O3/c1-5(2-3-7)4-6(8)9/h7H,1-4H2,(H,8,9). The van der Waals surface area contributed by atoms with Crippen molar-refractivity contribution in [2.75, 3.05) is 6.61 Å². The second-order valence-electron chi connectivity index (χ2n) is 1.79. The maximum atomic E-state index is 9.94. The van der Waals surface area contributed by atoms with Crippen LogP contribution in [0.3, 0.4) is 0 Å². The number of carbonyl (C=O) groups is 1. The number of carboxylic acids is 1. The molecule has 0 rings (SSSR count). The van der Waals surface area contributed by atoms with E-state index >= 15 is 0 Å². The van der Waals surface area contributed by atoms with Gasteiger partial charge in [-0.15, -0.1) is 0 Å². The zero-order chi connectivity index (χ0) is 7.28. The molecule has 0 radical (unpaired) electrons. The number of hydrogen-bond acceptors (Lipinski definition) is 2. The largest absolute Gasteiger partial charge is 0.481 e. The zero-order valence-corrected chi connectivity index (χ0v) is 5.13. The van der Waals surface area contributed by atoms with Gasteiger partial charge in [-0.3, -0.25) is 4.79 Å². The number of aliphatic hydroxyl groups is 1. The number of aliphatic hydroxyl groups excluding tert-OH is 1. The van der Waals surface area contributed by atoms with Crippen LogP contribution in [0.15, 0.2) is 12.2 Å². The van der Waals surface area contributed by atoms with Gasteiger partial charge >= 0.3 is 5.97 Å². The van der Waals surface area contributed by atoms with Crippen molar-refractivity contribution in [3.05, 3.63) is 12.2 Å². The van der Waals surface area contributed by atoms with Crippen molar-refractivity contribution in [1.29, 1.82) is 0 Å². The van der Waals surface area contributed by atoms with E-state index < -0.39 is 5.97 Å². The predicted octanol–water partition coefficient (Wildman–Crippen LogP) is 0.400. The summed E-state index contributed by atoms with van der Waals surface area (Å²) in [6.07, 6.45) is 0.340. The molecule has 0 fully saturated rings. The molecule has 0 atom stereocenters. The average Bonchev–Trinajstić information content (AvgIpc) is 1.63. The Labute approximate surface area is 53.6 Å². The lowest BCUT2D eigenvalue weighted by Gasteiger charge is -1.96. The summed E-state index contributed by atoms with van der Waals surface area (Å²) in [6, 6.07) is 0. The minimum Gasteiger partial charge on any atom is -0.481 e. The molecule has 0 aliphatic carbocycles. The molecule has 0 aliphatic heterocycles. The lowest BCUT2D eigenvalue weighted by molar-refractivity contribution is -0.136. The van der Waals surface area contributed by atoms with Gasteiger partial charge in [-0.1, -0.05) is 12.2 Å².